The van der Waals surface area contributed by atoms with Crippen LogP contribution in [0.4, 0.5) is 8.78 Å². The lowest BCUT2D eigenvalue weighted by atomic mass is 9.90. The molecule has 3 aromatic carbocycles. The summed E-state index contributed by atoms with van der Waals surface area (Å²) in [5.41, 5.74) is 2.89. The van der Waals surface area contributed by atoms with E-state index in [2.05, 4.69) is 14.9 Å². The SMILES string of the molecule is CN(CC(CCN1CCC(C(=O)c2nc3ccccc3[nH]2)CC1)c1ccc(F)c(F)c1)C(=O)c1ccccc1. The van der Waals surface area contributed by atoms with Crippen LogP contribution in [0.1, 0.15) is 51.7 Å². The molecule has 0 aliphatic carbocycles. The maximum atomic E-state index is 14.1. The van der Waals surface area contributed by atoms with Crippen molar-refractivity contribution < 1.29 is 18.4 Å². The van der Waals surface area contributed by atoms with E-state index in [9.17, 15) is 18.4 Å². The smallest absolute Gasteiger partial charge is 0.253 e. The summed E-state index contributed by atoms with van der Waals surface area (Å²) in [7, 11) is 1.73. The lowest BCUT2D eigenvalue weighted by Gasteiger charge is -2.33. The molecule has 1 aliphatic heterocycles. The topological polar surface area (TPSA) is 69.3 Å². The number of hydrogen-bond donors (Lipinski definition) is 1. The molecule has 8 heteroatoms. The van der Waals surface area contributed by atoms with Gasteiger partial charge in [-0.25, -0.2) is 13.8 Å². The highest BCUT2D eigenvalue weighted by atomic mass is 19.2. The van der Waals surface area contributed by atoms with Crippen LogP contribution >= 0.6 is 0 Å². The maximum Gasteiger partial charge on any atom is 0.253 e. The van der Waals surface area contributed by atoms with E-state index < -0.39 is 11.6 Å². The number of ketones is 1. The average molecular weight is 531 g/mol. The molecule has 1 aromatic heterocycles. The highest BCUT2D eigenvalue weighted by Gasteiger charge is 2.28. The Balaban J connectivity index is 1.21. The Morgan fingerprint density at radius 2 is 1.72 bits per heavy atom. The number of rotatable bonds is 9. The van der Waals surface area contributed by atoms with Crippen molar-refractivity contribution in [1.29, 1.82) is 0 Å². The van der Waals surface area contributed by atoms with Gasteiger partial charge in [0.1, 0.15) is 0 Å². The van der Waals surface area contributed by atoms with E-state index >= 15 is 0 Å². The van der Waals surface area contributed by atoms with Crippen LogP contribution in [0, 0.1) is 17.6 Å². The first-order valence-electron chi connectivity index (χ1n) is 13.4. The fourth-order valence-electron chi connectivity index (χ4n) is 5.36. The molecule has 4 aromatic rings. The number of likely N-dealkylation sites (tertiary alicyclic amines) is 1. The largest absolute Gasteiger partial charge is 0.341 e. The first-order chi connectivity index (χ1) is 18.9. The molecule has 1 fully saturated rings. The monoisotopic (exact) mass is 530 g/mol. The van der Waals surface area contributed by atoms with Gasteiger partial charge in [0.05, 0.1) is 11.0 Å². The van der Waals surface area contributed by atoms with Gasteiger partial charge < -0.3 is 14.8 Å². The molecule has 1 saturated heterocycles. The van der Waals surface area contributed by atoms with Crippen LogP contribution in [0.5, 0.6) is 0 Å². The van der Waals surface area contributed by atoms with Crippen LogP contribution in [0.3, 0.4) is 0 Å². The molecule has 1 atom stereocenters. The summed E-state index contributed by atoms with van der Waals surface area (Å²) in [4.78, 5) is 37.6. The summed E-state index contributed by atoms with van der Waals surface area (Å²) in [5.74, 6) is -1.69. The van der Waals surface area contributed by atoms with Gasteiger partial charge in [-0.2, -0.15) is 0 Å². The van der Waals surface area contributed by atoms with Crippen LogP contribution in [-0.4, -0.2) is 64.7 Å². The number of halogens is 2. The zero-order valence-electron chi connectivity index (χ0n) is 21.9. The number of Topliss-reactive ketones (excluding diaryl/α,β-unsaturated/α-hetero) is 1. The highest BCUT2D eigenvalue weighted by Crippen LogP contribution is 2.27. The minimum Gasteiger partial charge on any atom is -0.341 e. The number of imidazole rings is 1. The number of benzene rings is 3. The van der Waals surface area contributed by atoms with E-state index in [0.717, 1.165) is 49.6 Å². The zero-order chi connectivity index (χ0) is 27.4. The number of fused-ring (bicyclic) bond motifs is 1. The molecular formula is C31H32F2N4O2. The summed E-state index contributed by atoms with van der Waals surface area (Å²) in [6.45, 7) is 2.63. The molecular weight excluding hydrogens is 498 g/mol. The minimum atomic E-state index is -0.889. The summed E-state index contributed by atoms with van der Waals surface area (Å²) in [5, 5.41) is 0. The van der Waals surface area contributed by atoms with Gasteiger partial charge in [-0.1, -0.05) is 36.4 Å². The number of nitrogens with one attached hydrogen (secondary N) is 1. The number of aromatic amines is 1. The minimum absolute atomic E-state index is 0.0477. The van der Waals surface area contributed by atoms with E-state index in [1.807, 2.05) is 42.5 Å². The quantitative estimate of drug-likeness (QED) is 0.283. The van der Waals surface area contributed by atoms with Gasteiger partial charge in [-0.15, -0.1) is 0 Å². The molecule has 0 radical (unpaired) electrons. The van der Waals surface area contributed by atoms with E-state index in [-0.39, 0.29) is 23.5 Å². The van der Waals surface area contributed by atoms with Crippen molar-refractivity contribution in [3.8, 4) is 0 Å². The number of carbonyl (C=O) groups excluding carboxylic acids is 2. The van der Waals surface area contributed by atoms with Crippen LogP contribution in [-0.2, 0) is 0 Å². The van der Waals surface area contributed by atoms with Crippen LogP contribution < -0.4 is 0 Å². The molecule has 0 saturated carbocycles. The summed E-state index contributed by atoms with van der Waals surface area (Å²) < 4.78 is 27.8. The van der Waals surface area contributed by atoms with Gasteiger partial charge in [0.15, 0.2) is 17.5 Å². The predicted molar refractivity (Wildman–Crippen MR) is 147 cm³/mol. The second-order valence-electron chi connectivity index (χ2n) is 10.3. The molecule has 202 valence electrons. The Hall–Kier alpha value is -3.91. The van der Waals surface area contributed by atoms with E-state index in [0.29, 0.717) is 29.9 Å². The van der Waals surface area contributed by atoms with Crippen LogP contribution in [0.15, 0.2) is 72.8 Å². The first-order valence-corrected chi connectivity index (χ1v) is 13.4. The van der Waals surface area contributed by atoms with Gasteiger partial charge in [0.25, 0.3) is 5.91 Å². The lowest BCUT2D eigenvalue weighted by Crippen LogP contribution is -2.38. The van der Waals surface area contributed by atoms with Crippen molar-refractivity contribution in [1.82, 2.24) is 19.8 Å². The van der Waals surface area contributed by atoms with Crippen molar-refractivity contribution in [2.45, 2.75) is 25.2 Å². The van der Waals surface area contributed by atoms with E-state index in [4.69, 9.17) is 0 Å². The summed E-state index contributed by atoms with van der Waals surface area (Å²) in [6.07, 6.45) is 2.13. The number of hydrogen-bond acceptors (Lipinski definition) is 4. The maximum absolute atomic E-state index is 14.1. The zero-order valence-corrected chi connectivity index (χ0v) is 21.9. The molecule has 0 spiro atoms. The standard InChI is InChI=1S/C31H32F2N4O2/c1-36(31(39)22-7-3-2-4-8-22)20-24(23-11-12-25(32)26(33)19-23)15-18-37-16-13-21(14-17-37)29(38)30-34-27-9-5-6-10-28(27)35-30/h2-12,19,21,24H,13-18,20H2,1H3,(H,34,35). The number of para-hydroxylation sites is 2. The fourth-order valence-corrected chi connectivity index (χ4v) is 5.36. The van der Waals surface area contributed by atoms with Crippen molar-refractivity contribution in [2.24, 2.45) is 5.92 Å². The number of carbonyl (C=O) groups is 2. The fraction of sp³-hybridized carbons (Fsp3) is 0.323. The van der Waals surface area contributed by atoms with Gasteiger partial charge in [-0.05, 0) is 80.9 Å². The first kappa shape index (κ1) is 26.7. The number of H-pyrrole nitrogens is 1. The predicted octanol–water partition coefficient (Wildman–Crippen LogP) is 5.68. The van der Waals surface area contributed by atoms with Gasteiger partial charge in [0, 0.05) is 31.0 Å². The third-order valence-electron chi connectivity index (χ3n) is 7.65. The summed E-state index contributed by atoms with van der Waals surface area (Å²) >= 11 is 0. The van der Waals surface area contributed by atoms with Gasteiger partial charge in [-0.3, -0.25) is 9.59 Å². The third kappa shape index (κ3) is 6.23. The molecule has 2 heterocycles. The molecule has 6 nitrogen and oxygen atoms in total. The number of aromatic nitrogens is 2. The van der Waals surface area contributed by atoms with Gasteiger partial charge in [0.2, 0.25) is 5.78 Å². The second-order valence-corrected chi connectivity index (χ2v) is 10.3. The van der Waals surface area contributed by atoms with Crippen LogP contribution in [0.25, 0.3) is 11.0 Å². The number of likely N-dealkylation sites (N-methyl/N-ethyl adjacent to an activating group) is 1. The van der Waals surface area contributed by atoms with Gasteiger partial charge >= 0.3 is 0 Å². The normalized spacial score (nSPS) is 15.4. The molecule has 1 N–H and O–H groups in total. The average Bonchev–Trinajstić information content (AvgIpc) is 3.41. The Labute approximate surface area is 226 Å². The highest BCUT2D eigenvalue weighted by molar-refractivity contribution is 5.97. The Kier molecular flexibility index (Phi) is 8.12. The molecule has 39 heavy (non-hydrogen) atoms. The molecule has 0 bridgehead atoms. The number of nitrogens with zero attached hydrogens (tertiary/aromatic N) is 3. The van der Waals surface area contributed by atoms with Crippen LogP contribution in [0.2, 0.25) is 0 Å². The Bertz CT molecular complexity index is 1410. The second kappa shape index (κ2) is 11.9. The third-order valence-corrected chi connectivity index (χ3v) is 7.65. The lowest BCUT2D eigenvalue weighted by molar-refractivity contribution is 0.0779. The van der Waals surface area contributed by atoms with Crippen molar-refractivity contribution in [3.05, 3.63) is 101 Å². The van der Waals surface area contributed by atoms with E-state index in [1.54, 1.807) is 30.1 Å². The molecule has 5 rings (SSSR count). The van der Waals surface area contributed by atoms with E-state index in [1.165, 1.54) is 6.07 Å². The molecule has 1 unspecified atom stereocenters. The number of piperidine rings is 1. The Morgan fingerprint density at radius 3 is 2.44 bits per heavy atom. The molecule has 1 amide bonds. The Morgan fingerprint density at radius 1 is 1.00 bits per heavy atom. The van der Waals surface area contributed by atoms with Crippen molar-refractivity contribution >= 4 is 22.7 Å². The number of amides is 1. The molecule has 1 aliphatic rings. The van der Waals surface area contributed by atoms with Crippen molar-refractivity contribution in [2.75, 3.05) is 33.2 Å². The summed E-state index contributed by atoms with van der Waals surface area (Å²) in [6, 6.07) is 20.6. The van der Waals surface area contributed by atoms with Crippen molar-refractivity contribution in [3.63, 3.8) is 0 Å².